The van der Waals surface area contributed by atoms with Gasteiger partial charge in [0, 0.05) is 18.2 Å². The van der Waals surface area contributed by atoms with Crippen molar-refractivity contribution in [1.82, 2.24) is 10.6 Å². The van der Waals surface area contributed by atoms with Crippen LogP contribution in [0.1, 0.15) is 41.6 Å². The van der Waals surface area contributed by atoms with Crippen LogP contribution >= 0.6 is 0 Å². The van der Waals surface area contributed by atoms with Crippen molar-refractivity contribution in [2.75, 3.05) is 13.1 Å². The molecule has 1 amide bonds. The summed E-state index contributed by atoms with van der Waals surface area (Å²) in [7, 11) is 0. The molecule has 0 radical (unpaired) electrons. The maximum atomic E-state index is 13.0. The van der Waals surface area contributed by atoms with Gasteiger partial charge >= 0.3 is 0 Å². The van der Waals surface area contributed by atoms with Gasteiger partial charge in [0.15, 0.2) is 0 Å². The van der Waals surface area contributed by atoms with E-state index in [1.54, 1.807) is 13.0 Å². The SMILES string of the molecule is Cc1cc(F)ccc1C(=O)NCCC1CCCCN1. The maximum absolute atomic E-state index is 13.0. The average molecular weight is 264 g/mol. The highest BCUT2D eigenvalue weighted by Gasteiger charge is 2.13. The van der Waals surface area contributed by atoms with Crippen molar-refractivity contribution in [2.24, 2.45) is 0 Å². The van der Waals surface area contributed by atoms with Crippen LogP contribution in [-0.2, 0) is 0 Å². The third kappa shape index (κ3) is 4.03. The second-order valence-electron chi connectivity index (χ2n) is 5.15. The van der Waals surface area contributed by atoms with E-state index in [0.29, 0.717) is 23.7 Å². The van der Waals surface area contributed by atoms with Crippen LogP contribution in [0.2, 0.25) is 0 Å². The highest BCUT2D eigenvalue weighted by atomic mass is 19.1. The molecule has 4 heteroatoms. The predicted octanol–water partition coefficient (Wildman–Crippen LogP) is 2.40. The number of carbonyl (C=O) groups is 1. The van der Waals surface area contributed by atoms with E-state index in [-0.39, 0.29) is 11.7 Å². The lowest BCUT2D eigenvalue weighted by Gasteiger charge is -2.23. The number of benzene rings is 1. The van der Waals surface area contributed by atoms with E-state index >= 15 is 0 Å². The maximum Gasteiger partial charge on any atom is 0.251 e. The lowest BCUT2D eigenvalue weighted by atomic mass is 10.0. The monoisotopic (exact) mass is 264 g/mol. The van der Waals surface area contributed by atoms with Gasteiger partial charge in [-0.15, -0.1) is 0 Å². The van der Waals surface area contributed by atoms with Crippen LogP contribution in [0.5, 0.6) is 0 Å². The third-order valence-corrected chi connectivity index (χ3v) is 3.62. The van der Waals surface area contributed by atoms with Crippen molar-refractivity contribution in [1.29, 1.82) is 0 Å². The molecule has 1 aromatic carbocycles. The molecular weight excluding hydrogens is 243 g/mol. The Balaban J connectivity index is 1.80. The summed E-state index contributed by atoms with van der Waals surface area (Å²) in [5, 5.41) is 6.36. The molecule has 0 bridgehead atoms. The number of carbonyl (C=O) groups excluding carboxylic acids is 1. The zero-order valence-corrected chi connectivity index (χ0v) is 11.3. The molecule has 19 heavy (non-hydrogen) atoms. The normalized spacial score (nSPS) is 19.2. The van der Waals surface area contributed by atoms with Gasteiger partial charge in [0.05, 0.1) is 0 Å². The Morgan fingerprint density at radius 3 is 3.00 bits per heavy atom. The molecule has 1 saturated heterocycles. The molecule has 2 rings (SSSR count). The van der Waals surface area contributed by atoms with Crippen LogP contribution in [-0.4, -0.2) is 25.0 Å². The minimum absolute atomic E-state index is 0.117. The molecule has 0 aliphatic carbocycles. The summed E-state index contributed by atoms with van der Waals surface area (Å²) < 4.78 is 13.0. The summed E-state index contributed by atoms with van der Waals surface area (Å²) in [5.74, 6) is -0.422. The Hall–Kier alpha value is -1.42. The molecule has 0 aromatic heterocycles. The number of hydrogen-bond donors (Lipinski definition) is 2. The van der Waals surface area contributed by atoms with E-state index in [4.69, 9.17) is 0 Å². The van der Waals surface area contributed by atoms with Crippen molar-refractivity contribution in [2.45, 2.75) is 38.6 Å². The summed E-state index contributed by atoms with van der Waals surface area (Å²) in [6.45, 7) is 3.49. The molecule has 1 fully saturated rings. The smallest absolute Gasteiger partial charge is 0.251 e. The number of hydrogen-bond acceptors (Lipinski definition) is 2. The fraction of sp³-hybridized carbons (Fsp3) is 0.533. The van der Waals surface area contributed by atoms with E-state index in [1.165, 1.54) is 31.4 Å². The minimum Gasteiger partial charge on any atom is -0.352 e. The van der Waals surface area contributed by atoms with Gasteiger partial charge in [-0.3, -0.25) is 4.79 Å². The van der Waals surface area contributed by atoms with E-state index in [0.717, 1.165) is 13.0 Å². The average Bonchev–Trinajstić information content (AvgIpc) is 2.39. The highest BCUT2D eigenvalue weighted by Crippen LogP contribution is 2.11. The van der Waals surface area contributed by atoms with Crippen molar-refractivity contribution in [3.05, 3.63) is 35.1 Å². The van der Waals surface area contributed by atoms with Gasteiger partial charge < -0.3 is 10.6 Å². The number of aryl methyl sites for hydroxylation is 1. The molecule has 1 aliphatic rings. The molecule has 1 heterocycles. The molecule has 0 spiro atoms. The number of rotatable bonds is 4. The summed E-state index contributed by atoms with van der Waals surface area (Å²) in [6.07, 6.45) is 4.65. The first kappa shape index (κ1) is 14.0. The van der Waals surface area contributed by atoms with Crippen LogP contribution in [0.3, 0.4) is 0 Å². The first-order valence-corrected chi connectivity index (χ1v) is 6.94. The van der Waals surface area contributed by atoms with E-state index in [9.17, 15) is 9.18 Å². The largest absolute Gasteiger partial charge is 0.352 e. The summed E-state index contributed by atoms with van der Waals surface area (Å²) in [4.78, 5) is 12.0. The topological polar surface area (TPSA) is 41.1 Å². The second-order valence-corrected chi connectivity index (χ2v) is 5.15. The fourth-order valence-electron chi connectivity index (χ4n) is 2.51. The zero-order chi connectivity index (χ0) is 13.7. The molecule has 1 aromatic rings. The van der Waals surface area contributed by atoms with E-state index < -0.39 is 0 Å². The number of amides is 1. The van der Waals surface area contributed by atoms with Gasteiger partial charge in [0.2, 0.25) is 0 Å². The highest BCUT2D eigenvalue weighted by molar-refractivity contribution is 5.95. The lowest BCUT2D eigenvalue weighted by molar-refractivity contribution is 0.0951. The first-order chi connectivity index (χ1) is 9.16. The quantitative estimate of drug-likeness (QED) is 0.876. The van der Waals surface area contributed by atoms with Crippen molar-refractivity contribution in [3.8, 4) is 0 Å². The molecular formula is C15H21FN2O. The Morgan fingerprint density at radius 2 is 2.32 bits per heavy atom. The molecule has 1 aliphatic heterocycles. The Morgan fingerprint density at radius 1 is 1.47 bits per heavy atom. The van der Waals surface area contributed by atoms with E-state index in [2.05, 4.69) is 10.6 Å². The van der Waals surface area contributed by atoms with Crippen LogP contribution in [0.4, 0.5) is 4.39 Å². The minimum atomic E-state index is -0.305. The van der Waals surface area contributed by atoms with Crippen LogP contribution < -0.4 is 10.6 Å². The standard InChI is InChI=1S/C15H21FN2O/c1-11-10-12(16)5-6-14(11)15(19)18-9-7-13-4-2-3-8-17-13/h5-6,10,13,17H,2-4,7-9H2,1H3,(H,18,19). The van der Waals surface area contributed by atoms with Gasteiger partial charge in [0.1, 0.15) is 5.82 Å². The Kier molecular flexibility index (Phi) is 4.91. The van der Waals surface area contributed by atoms with Gasteiger partial charge in [-0.05, 0) is 56.5 Å². The molecule has 104 valence electrons. The summed E-state index contributed by atoms with van der Waals surface area (Å²) >= 11 is 0. The van der Waals surface area contributed by atoms with Crippen molar-refractivity contribution >= 4 is 5.91 Å². The third-order valence-electron chi connectivity index (χ3n) is 3.62. The summed E-state index contributed by atoms with van der Waals surface area (Å²) in [6, 6.07) is 4.77. The fourth-order valence-corrected chi connectivity index (χ4v) is 2.51. The van der Waals surface area contributed by atoms with Crippen molar-refractivity contribution < 1.29 is 9.18 Å². The molecule has 1 unspecified atom stereocenters. The van der Waals surface area contributed by atoms with Crippen LogP contribution in [0.25, 0.3) is 0 Å². The van der Waals surface area contributed by atoms with Crippen molar-refractivity contribution in [3.63, 3.8) is 0 Å². The second kappa shape index (κ2) is 6.66. The molecule has 0 saturated carbocycles. The summed E-state index contributed by atoms with van der Waals surface area (Å²) in [5.41, 5.74) is 1.23. The van der Waals surface area contributed by atoms with Gasteiger partial charge in [-0.25, -0.2) is 4.39 Å². The first-order valence-electron chi connectivity index (χ1n) is 6.94. The van der Waals surface area contributed by atoms with E-state index in [1.807, 2.05) is 0 Å². The molecule has 2 N–H and O–H groups in total. The number of halogens is 1. The number of piperidine rings is 1. The molecule has 1 atom stereocenters. The predicted molar refractivity (Wildman–Crippen MR) is 73.7 cm³/mol. The van der Waals surface area contributed by atoms with Crippen LogP contribution in [0, 0.1) is 12.7 Å². The van der Waals surface area contributed by atoms with Crippen LogP contribution in [0.15, 0.2) is 18.2 Å². The van der Waals surface area contributed by atoms with Gasteiger partial charge in [-0.1, -0.05) is 6.42 Å². The number of nitrogens with one attached hydrogen (secondary N) is 2. The molecule has 3 nitrogen and oxygen atoms in total. The Labute approximate surface area is 113 Å². The van der Waals surface area contributed by atoms with Gasteiger partial charge in [-0.2, -0.15) is 0 Å². The lowest BCUT2D eigenvalue weighted by Crippen LogP contribution is -2.37. The zero-order valence-electron chi connectivity index (χ0n) is 11.3. The van der Waals surface area contributed by atoms with Gasteiger partial charge in [0.25, 0.3) is 5.91 Å². The Bertz CT molecular complexity index is 442.